The summed E-state index contributed by atoms with van der Waals surface area (Å²) < 4.78 is 0. The van der Waals surface area contributed by atoms with Crippen molar-refractivity contribution in [2.75, 3.05) is 19.6 Å². The zero-order chi connectivity index (χ0) is 15.0. The maximum absolute atomic E-state index is 12.7. The van der Waals surface area contributed by atoms with Crippen molar-refractivity contribution in [2.45, 2.75) is 58.0 Å². The molecule has 4 N–H and O–H groups in total. The minimum Gasteiger partial charge on any atom is -0.352 e. The van der Waals surface area contributed by atoms with E-state index in [1.807, 2.05) is 4.90 Å². The van der Waals surface area contributed by atoms with Crippen LogP contribution in [0, 0.1) is 0 Å². The lowest BCUT2D eigenvalue weighted by molar-refractivity contribution is -0.135. The SMILES string of the molecule is CCCCC(NC(N)=O)C(=O)N(CCC)C1CCNC1.Cl. The molecule has 21 heavy (non-hydrogen) atoms. The standard InChI is InChI=1S/C14H28N4O2.ClH/c1-3-5-6-12(17-14(15)20)13(19)18(9-4-2)11-7-8-16-10-11;/h11-12,16H,3-10H2,1-2H3,(H3,15,17,20);1H. The number of carbonyl (C=O) groups is 2. The molecular formula is C14H29ClN4O2. The van der Waals surface area contributed by atoms with Gasteiger partial charge in [-0.1, -0.05) is 26.7 Å². The smallest absolute Gasteiger partial charge is 0.312 e. The molecule has 2 atom stereocenters. The fourth-order valence-corrected chi connectivity index (χ4v) is 2.66. The summed E-state index contributed by atoms with van der Waals surface area (Å²) in [4.78, 5) is 25.7. The van der Waals surface area contributed by atoms with Gasteiger partial charge in [-0.25, -0.2) is 4.79 Å². The van der Waals surface area contributed by atoms with Gasteiger partial charge in [-0.05, 0) is 25.8 Å². The number of hydrogen-bond donors (Lipinski definition) is 3. The highest BCUT2D eigenvalue weighted by atomic mass is 35.5. The van der Waals surface area contributed by atoms with Crippen LogP contribution in [0.5, 0.6) is 0 Å². The highest BCUT2D eigenvalue weighted by molar-refractivity contribution is 5.86. The third-order valence-electron chi connectivity index (χ3n) is 3.68. The number of unbranched alkanes of at least 4 members (excludes halogenated alkanes) is 1. The van der Waals surface area contributed by atoms with Crippen molar-refractivity contribution in [3.63, 3.8) is 0 Å². The normalized spacial score (nSPS) is 18.7. The number of halogens is 1. The monoisotopic (exact) mass is 320 g/mol. The number of rotatable bonds is 8. The van der Waals surface area contributed by atoms with Crippen molar-refractivity contribution in [3.05, 3.63) is 0 Å². The first-order valence-electron chi connectivity index (χ1n) is 7.67. The van der Waals surface area contributed by atoms with Crippen molar-refractivity contribution in [3.8, 4) is 0 Å². The average molecular weight is 321 g/mol. The number of primary amides is 1. The summed E-state index contributed by atoms with van der Waals surface area (Å²) in [5, 5.41) is 5.89. The molecule has 0 radical (unpaired) electrons. The maximum atomic E-state index is 12.7. The Morgan fingerprint density at radius 1 is 1.38 bits per heavy atom. The fourth-order valence-electron chi connectivity index (χ4n) is 2.66. The molecule has 2 unspecified atom stereocenters. The van der Waals surface area contributed by atoms with Gasteiger partial charge in [-0.15, -0.1) is 12.4 Å². The van der Waals surface area contributed by atoms with Crippen molar-refractivity contribution < 1.29 is 9.59 Å². The Kier molecular flexibility index (Phi) is 10.2. The molecule has 0 bridgehead atoms. The molecule has 1 aliphatic heterocycles. The van der Waals surface area contributed by atoms with Gasteiger partial charge in [-0.3, -0.25) is 4.79 Å². The van der Waals surface area contributed by atoms with Crippen molar-refractivity contribution in [1.29, 1.82) is 0 Å². The number of amides is 3. The number of hydrogen-bond acceptors (Lipinski definition) is 3. The van der Waals surface area contributed by atoms with Crippen LogP contribution in [0.25, 0.3) is 0 Å². The molecule has 0 spiro atoms. The van der Waals surface area contributed by atoms with Crippen LogP contribution in [0.4, 0.5) is 4.79 Å². The van der Waals surface area contributed by atoms with E-state index in [-0.39, 0.29) is 24.4 Å². The van der Waals surface area contributed by atoms with Gasteiger partial charge in [0.15, 0.2) is 0 Å². The molecule has 1 rings (SSSR count). The van der Waals surface area contributed by atoms with Crippen LogP contribution in [0.1, 0.15) is 46.0 Å². The van der Waals surface area contributed by atoms with E-state index in [9.17, 15) is 9.59 Å². The lowest BCUT2D eigenvalue weighted by Crippen LogP contribution is -2.53. The minimum atomic E-state index is -0.625. The van der Waals surface area contributed by atoms with Gasteiger partial charge in [-0.2, -0.15) is 0 Å². The van der Waals surface area contributed by atoms with Gasteiger partial charge in [0.25, 0.3) is 0 Å². The third kappa shape index (κ3) is 6.52. The van der Waals surface area contributed by atoms with E-state index >= 15 is 0 Å². The Balaban J connectivity index is 0.00000400. The molecule has 1 aliphatic rings. The average Bonchev–Trinajstić information content (AvgIpc) is 2.93. The van der Waals surface area contributed by atoms with Crippen LogP contribution in [-0.2, 0) is 4.79 Å². The van der Waals surface area contributed by atoms with E-state index in [0.29, 0.717) is 6.42 Å². The van der Waals surface area contributed by atoms with Crippen LogP contribution in [0.2, 0.25) is 0 Å². The molecule has 0 aliphatic carbocycles. The Bertz CT molecular complexity index is 322. The Hall–Kier alpha value is -1.01. The van der Waals surface area contributed by atoms with E-state index in [0.717, 1.165) is 45.3 Å². The largest absolute Gasteiger partial charge is 0.352 e. The van der Waals surface area contributed by atoms with E-state index < -0.39 is 12.1 Å². The summed E-state index contributed by atoms with van der Waals surface area (Å²) in [6, 6.07) is -0.874. The zero-order valence-corrected chi connectivity index (χ0v) is 13.9. The summed E-state index contributed by atoms with van der Waals surface area (Å²) in [6.07, 6.45) is 4.43. The molecule has 7 heteroatoms. The number of nitrogens with one attached hydrogen (secondary N) is 2. The fraction of sp³-hybridized carbons (Fsp3) is 0.857. The number of nitrogens with zero attached hydrogens (tertiary/aromatic N) is 1. The molecule has 0 aromatic rings. The van der Waals surface area contributed by atoms with Gasteiger partial charge in [0.1, 0.15) is 6.04 Å². The second-order valence-electron chi connectivity index (χ2n) is 5.38. The van der Waals surface area contributed by atoms with E-state index in [1.165, 1.54) is 0 Å². The number of carbonyl (C=O) groups excluding carboxylic acids is 2. The molecule has 6 nitrogen and oxygen atoms in total. The molecule has 124 valence electrons. The Morgan fingerprint density at radius 2 is 2.10 bits per heavy atom. The molecule has 1 fully saturated rings. The number of nitrogens with two attached hydrogens (primary N) is 1. The highest BCUT2D eigenvalue weighted by Gasteiger charge is 2.31. The summed E-state index contributed by atoms with van der Waals surface area (Å²) in [7, 11) is 0. The second-order valence-corrected chi connectivity index (χ2v) is 5.38. The summed E-state index contributed by atoms with van der Waals surface area (Å²) in [5.41, 5.74) is 5.20. The molecular weight excluding hydrogens is 292 g/mol. The highest BCUT2D eigenvalue weighted by Crippen LogP contribution is 2.13. The van der Waals surface area contributed by atoms with Crippen molar-refractivity contribution in [2.24, 2.45) is 5.73 Å². The first-order valence-corrected chi connectivity index (χ1v) is 7.67. The Labute approximate surface area is 133 Å². The van der Waals surface area contributed by atoms with E-state index in [2.05, 4.69) is 24.5 Å². The van der Waals surface area contributed by atoms with Crippen LogP contribution in [0.15, 0.2) is 0 Å². The maximum Gasteiger partial charge on any atom is 0.312 e. The quantitative estimate of drug-likeness (QED) is 0.628. The summed E-state index contributed by atoms with van der Waals surface area (Å²) >= 11 is 0. The summed E-state index contributed by atoms with van der Waals surface area (Å²) in [5.74, 6) is 0.00722. The van der Waals surface area contributed by atoms with Gasteiger partial charge < -0.3 is 21.3 Å². The molecule has 1 heterocycles. The Morgan fingerprint density at radius 3 is 2.57 bits per heavy atom. The van der Waals surface area contributed by atoms with E-state index in [1.54, 1.807) is 0 Å². The topological polar surface area (TPSA) is 87.5 Å². The molecule has 1 saturated heterocycles. The van der Waals surface area contributed by atoms with Crippen LogP contribution in [-0.4, -0.2) is 48.6 Å². The van der Waals surface area contributed by atoms with Crippen LogP contribution in [0.3, 0.4) is 0 Å². The zero-order valence-electron chi connectivity index (χ0n) is 13.1. The molecule has 0 saturated carbocycles. The van der Waals surface area contributed by atoms with Gasteiger partial charge in [0.05, 0.1) is 0 Å². The minimum absolute atomic E-state index is 0. The third-order valence-corrected chi connectivity index (χ3v) is 3.68. The summed E-state index contributed by atoms with van der Waals surface area (Å²) in [6.45, 7) is 6.64. The molecule has 0 aromatic carbocycles. The molecule has 0 aromatic heterocycles. The van der Waals surface area contributed by atoms with Gasteiger partial charge in [0, 0.05) is 19.1 Å². The lowest BCUT2D eigenvalue weighted by Gasteiger charge is -2.32. The van der Waals surface area contributed by atoms with Crippen LogP contribution < -0.4 is 16.4 Å². The predicted molar refractivity (Wildman–Crippen MR) is 86.6 cm³/mol. The van der Waals surface area contributed by atoms with Crippen molar-refractivity contribution in [1.82, 2.24) is 15.5 Å². The van der Waals surface area contributed by atoms with Crippen molar-refractivity contribution >= 4 is 24.3 Å². The molecule has 3 amide bonds. The first kappa shape index (κ1) is 20.0. The second kappa shape index (κ2) is 10.7. The van der Waals surface area contributed by atoms with Gasteiger partial charge in [0.2, 0.25) is 5.91 Å². The lowest BCUT2D eigenvalue weighted by atomic mass is 10.1. The van der Waals surface area contributed by atoms with E-state index in [4.69, 9.17) is 5.73 Å². The van der Waals surface area contributed by atoms with Gasteiger partial charge >= 0.3 is 6.03 Å². The predicted octanol–water partition coefficient (Wildman–Crippen LogP) is 1.24. The first-order chi connectivity index (χ1) is 9.60. The number of urea groups is 1. The van der Waals surface area contributed by atoms with Crippen LogP contribution >= 0.6 is 12.4 Å².